The van der Waals surface area contributed by atoms with Crippen molar-refractivity contribution in [2.24, 2.45) is 0 Å². The molecule has 0 spiro atoms. The molecule has 1 heterocycles. The van der Waals surface area contributed by atoms with Crippen LogP contribution in [0.4, 0.5) is 0 Å². The monoisotopic (exact) mass is 426 g/mol. The van der Waals surface area contributed by atoms with Crippen LogP contribution >= 0.6 is 0 Å². The largest absolute Gasteiger partial charge is 0.496 e. The van der Waals surface area contributed by atoms with Crippen molar-refractivity contribution in [2.75, 3.05) is 7.11 Å². The number of imide groups is 1. The molecule has 158 valence electrons. The van der Waals surface area contributed by atoms with Crippen LogP contribution in [0.2, 0.25) is 0 Å². The van der Waals surface area contributed by atoms with Crippen molar-refractivity contribution in [1.29, 1.82) is 5.26 Å². The lowest BCUT2D eigenvalue weighted by molar-refractivity contribution is 0.0468. The number of fused-ring (bicyclic) bond motifs is 1. The van der Waals surface area contributed by atoms with E-state index in [1.807, 2.05) is 6.07 Å². The van der Waals surface area contributed by atoms with Crippen molar-refractivity contribution >= 4 is 17.8 Å². The molecule has 7 heteroatoms. The van der Waals surface area contributed by atoms with E-state index in [2.05, 4.69) is 0 Å². The van der Waals surface area contributed by atoms with Crippen LogP contribution in [0.5, 0.6) is 5.75 Å². The number of nitriles is 1. The molecule has 1 aliphatic rings. The quantitative estimate of drug-likeness (QED) is 0.440. The van der Waals surface area contributed by atoms with Gasteiger partial charge in [-0.15, -0.1) is 0 Å². The first-order valence-corrected chi connectivity index (χ1v) is 9.80. The topological polar surface area (TPSA) is 96.7 Å². The number of ether oxygens (including phenoxy) is 2. The first kappa shape index (κ1) is 20.8. The Balaban J connectivity index is 1.51. The second-order valence-corrected chi connectivity index (χ2v) is 7.16. The van der Waals surface area contributed by atoms with Gasteiger partial charge in [0.05, 0.1) is 36.4 Å². The van der Waals surface area contributed by atoms with E-state index in [1.165, 1.54) is 7.11 Å². The molecule has 0 saturated carbocycles. The fourth-order valence-electron chi connectivity index (χ4n) is 3.48. The third-order valence-electron chi connectivity index (χ3n) is 5.16. The molecule has 0 aromatic heterocycles. The van der Waals surface area contributed by atoms with Gasteiger partial charge in [0.15, 0.2) is 0 Å². The summed E-state index contributed by atoms with van der Waals surface area (Å²) in [7, 11) is 1.44. The van der Waals surface area contributed by atoms with Gasteiger partial charge in [-0.05, 0) is 47.5 Å². The number of rotatable bonds is 6. The lowest BCUT2D eigenvalue weighted by Crippen LogP contribution is -2.29. The van der Waals surface area contributed by atoms with Gasteiger partial charge in [-0.2, -0.15) is 5.26 Å². The number of hydrogen-bond donors (Lipinski definition) is 0. The highest BCUT2D eigenvalue weighted by molar-refractivity contribution is 6.21. The summed E-state index contributed by atoms with van der Waals surface area (Å²) in [5, 5.41) is 8.87. The first-order chi connectivity index (χ1) is 15.5. The minimum absolute atomic E-state index is 0.0201. The summed E-state index contributed by atoms with van der Waals surface area (Å²) >= 11 is 0. The number of amides is 2. The third kappa shape index (κ3) is 3.94. The van der Waals surface area contributed by atoms with E-state index in [0.29, 0.717) is 28.0 Å². The Morgan fingerprint density at radius 3 is 2.16 bits per heavy atom. The lowest BCUT2D eigenvalue weighted by atomic mass is 10.1. The zero-order valence-electron chi connectivity index (χ0n) is 17.2. The molecule has 0 bridgehead atoms. The predicted octanol–water partition coefficient (Wildman–Crippen LogP) is 3.72. The Kier molecular flexibility index (Phi) is 5.69. The van der Waals surface area contributed by atoms with Gasteiger partial charge in [0, 0.05) is 0 Å². The molecule has 0 atom stereocenters. The summed E-state index contributed by atoms with van der Waals surface area (Å²) in [6, 6.07) is 20.3. The van der Waals surface area contributed by atoms with Crippen LogP contribution in [0.3, 0.4) is 0 Å². The van der Waals surface area contributed by atoms with Crippen LogP contribution in [0.25, 0.3) is 0 Å². The molecule has 0 aliphatic carbocycles. The van der Waals surface area contributed by atoms with Crippen molar-refractivity contribution in [3.8, 4) is 11.8 Å². The van der Waals surface area contributed by atoms with Crippen LogP contribution in [-0.2, 0) is 17.9 Å². The van der Waals surface area contributed by atoms with Crippen LogP contribution in [0.1, 0.15) is 47.8 Å². The van der Waals surface area contributed by atoms with Crippen LogP contribution in [-0.4, -0.2) is 29.8 Å². The molecule has 0 saturated heterocycles. The van der Waals surface area contributed by atoms with Crippen molar-refractivity contribution < 1.29 is 23.9 Å². The Labute approximate surface area is 184 Å². The number of esters is 1. The average molecular weight is 426 g/mol. The minimum atomic E-state index is -0.601. The Bertz CT molecular complexity index is 1220. The Hall–Kier alpha value is -4.44. The molecular formula is C25H18N2O5. The maximum atomic E-state index is 12.7. The summed E-state index contributed by atoms with van der Waals surface area (Å²) in [4.78, 5) is 39.1. The molecule has 0 radical (unpaired) electrons. The second-order valence-electron chi connectivity index (χ2n) is 7.16. The van der Waals surface area contributed by atoms with Crippen molar-refractivity contribution in [1.82, 2.24) is 4.90 Å². The number of methoxy groups -OCH3 is 1. The lowest BCUT2D eigenvalue weighted by Gasteiger charge is -2.16. The minimum Gasteiger partial charge on any atom is -0.496 e. The third-order valence-corrected chi connectivity index (χ3v) is 5.16. The average Bonchev–Trinajstić information content (AvgIpc) is 3.07. The normalized spacial score (nSPS) is 12.3. The predicted molar refractivity (Wildman–Crippen MR) is 114 cm³/mol. The molecule has 3 aromatic rings. The van der Waals surface area contributed by atoms with Gasteiger partial charge in [0.1, 0.15) is 17.9 Å². The maximum absolute atomic E-state index is 12.7. The highest BCUT2D eigenvalue weighted by Crippen LogP contribution is 2.27. The SMILES string of the molecule is COc1ccc(CN2C(=O)c3ccccc3C2=O)cc1C(=O)OCc1ccc(C#N)cc1. The van der Waals surface area contributed by atoms with Gasteiger partial charge in [0.2, 0.25) is 0 Å². The fraction of sp³-hybridized carbons (Fsp3) is 0.120. The van der Waals surface area contributed by atoms with Crippen molar-refractivity contribution in [3.63, 3.8) is 0 Å². The highest BCUT2D eigenvalue weighted by atomic mass is 16.5. The zero-order chi connectivity index (χ0) is 22.7. The van der Waals surface area contributed by atoms with Crippen LogP contribution in [0, 0.1) is 11.3 Å². The van der Waals surface area contributed by atoms with E-state index in [9.17, 15) is 14.4 Å². The van der Waals surface area contributed by atoms with E-state index >= 15 is 0 Å². The van der Waals surface area contributed by atoms with E-state index in [0.717, 1.165) is 10.5 Å². The maximum Gasteiger partial charge on any atom is 0.342 e. The number of hydrogen-bond acceptors (Lipinski definition) is 6. The van der Waals surface area contributed by atoms with Crippen molar-refractivity contribution in [3.05, 3.63) is 100 Å². The van der Waals surface area contributed by atoms with E-state index < -0.39 is 5.97 Å². The van der Waals surface area contributed by atoms with Crippen LogP contribution in [0.15, 0.2) is 66.7 Å². The summed E-state index contributed by atoms with van der Waals surface area (Å²) in [5.41, 5.74) is 2.77. The van der Waals surface area contributed by atoms with Gasteiger partial charge in [-0.25, -0.2) is 4.79 Å². The highest BCUT2D eigenvalue weighted by Gasteiger charge is 2.35. The molecule has 2 amide bonds. The molecule has 3 aromatic carbocycles. The zero-order valence-corrected chi connectivity index (χ0v) is 17.2. The summed E-state index contributed by atoms with van der Waals surface area (Å²) in [6.07, 6.45) is 0. The smallest absolute Gasteiger partial charge is 0.342 e. The Morgan fingerprint density at radius 1 is 0.938 bits per heavy atom. The van der Waals surface area contributed by atoms with Gasteiger partial charge in [-0.1, -0.05) is 30.3 Å². The number of nitrogens with zero attached hydrogens (tertiary/aromatic N) is 2. The summed E-state index contributed by atoms with van der Waals surface area (Å²) in [6.45, 7) is 0.0442. The fourth-order valence-corrected chi connectivity index (χ4v) is 3.48. The summed E-state index contributed by atoms with van der Waals surface area (Å²) in [5.74, 6) is -1.02. The Morgan fingerprint density at radius 2 is 1.56 bits per heavy atom. The van der Waals surface area contributed by atoms with E-state index in [-0.39, 0.29) is 30.5 Å². The molecule has 4 rings (SSSR count). The molecule has 7 nitrogen and oxygen atoms in total. The molecule has 0 unspecified atom stereocenters. The standard InChI is InChI=1S/C25H18N2O5/c1-31-22-11-10-18(14-27-23(28)19-4-2-3-5-20(19)24(27)29)12-21(22)25(30)32-15-17-8-6-16(13-26)7-9-17/h2-12H,14-15H2,1H3. The number of benzene rings is 3. The molecule has 1 aliphatic heterocycles. The number of carbonyl (C=O) groups is 3. The van der Waals surface area contributed by atoms with Crippen molar-refractivity contribution in [2.45, 2.75) is 13.2 Å². The molecule has 0 N–H and O–H groups in total. The van der Waals surface area contributed by atoms with E-state index in [1.54, 1.807) is 66.7 Å². The van der Waals surface area contributed by atoms with Gasteiger partial charge in [-0.3, -0.25) is 14.5 Å². The van der Waals surface area contributed by atoms with Crippen LogP contribution < -0.4 is 4.74 Å². The molecule has 0 fully saturated rings. The second kappa shape index (κ2) is 8.74. The number of carbonyl (C=O) groups excluding carboxylic acids is 3. The van der Waals surface area contributed by atoms with Gasteiger partial charge >= 0.3 is 5.97 Å². The molecule has 32 heavy (non-hydrogen) atoms. The van der Waals surface area contributed by atoms with E-state index in [4.69, 9.17) is 14.7 Å². The molecular weight excluding hydrogens is 408 g/mol. The van der Waals surface area contributed by atoms with Gasteiger partial charge in [0.25, 0.3) is 11.8 Å². The first-order valence-electron chi connectivity index (χ1n) is 9.80. The summed E-state index contributed by atoms with van der Waals surface area (Å²) < 4.78 is 10.7. The van der Waals surface area contributed by atoms with Gasteiger partial charge < -0.3 is 9.47 Å².